The first-order valence-corrected chi connectivity index (χ1v) is 7.73. The maximum atomic E-state index is 6.10. The molecule has 0 atom stereocenters. The molecular weight excluding hydrogens is 284 g/mol. The molecule has 0 saturated heterocycles. The first-order chi connectivity index (χ1) is 9.97. The summed E-state index contributed by atoms with van der Waals surface area (Å²) in [4.78, 5) is 4.03. The van der Waals surface area contributed by atoms with E-state index in [1.165, 1.54) is 0 Å². The van der Waals surface area contributed by atoms with Crippen LogP contribution in [-0.2, 0) is 12.0 Å². The zero-order valence-corrected chi connectivity index (χ0v) is 13.7. The Balaban J connectivity index is 1.85. The van der Waals surface area contributed by atoms with Gasteiger partial charge in [0.25, 0.3) is 0 Å². The van der Waals surface area contributed by atoms with Crippen molar-refractivity contribution in [3.05, 3.63) is 47.5 Å². The first-order valence-electron chi connectivity index (χ1n) is 7.35. The number of aryl methyl sites for hydroxylation is 1. The molecule has 2 rings (SSSR count). The Labute approximate surface area is 131 Å². The van der Waals surface area contributed by atoms with E-state index in [4.69, 9.17) is 16.3 Å². The summed E-state index contributed by atoms with van der Waals surface area (Å²) in [7, 11) is 0. The highest BCUT2D eigenvalue weighted by atomic mass is 35.5. The van der Waals surface area contributed by atoms with E-state index in [9.17, 15) is 0 Å². The topological polar surface area (TPSA) is 27.1 Å². The fourth-order valence-electron chi connectivity index (χ4n) is 2.21. The van der Waals surface area contributed by atoms with Crippen molar-refractivity contribution in [1.82, 2.24) is 9.55 Å². The third kappa shape index (κ3) is 4.78. The molecule has 1 aromatic heterocycles. The number of rotatable bonds is 6. The van der Waals surface area contributed by atoms with Crippen LogP contribution in [0.15, 0.2) is 36.9 Å². The molecule has 3 nitrogen and oxygen atoms in total. The predicted octanol–water partition coefficient (Wildman–Crippen LogP) is 4.69. The predicted molar refractivity (Wildman–Crippen MR) is 87.1 cm³/mol. The summed E-state index contributed by atoms with van der Waals surface area (Å²) >= 11 is 6.10. The Morgan fingerprint density at radius 3 is 2.71 bits per heavy atom. The summed E-state index contributed by atoms with van der Waals surface area (Å²) in [5, 5.41) is 0.757. The van der Waals surface area contributed by atoms with E-state index in [1.807, 2.05) is 30.7 Å². The minimum absolute atomic E-state index is 0.0248. The van der Waals surface area contributed by atoms with Gasteiger partial charge >= 0.3 is 0 Å². The Morgan fingerprint density at radius 2 is 2.05 bits per heavy atom. The number of unbranched alkanes of at least 4 members (excludes halogenated alkanes) is 1. The summed E-state index contributed by atoms with van der Waals surface area (Å²) in [5.74, 6) is 0.939. The molecule has 0 aliphatic rings. The van der Waals surface area contributed by atoms with E-state index < -0.39 is 0 Å². The van der Waals surface area contributed by atoms with Crippen molar-refractivity contribution in [2.45, 2.75) is 45.6 Å². The maximum absolute atomic E-state index is 6.10. The maximum Gasteiger partial charge on any atom is 0.123 e. The molecule has 114 valence electrons. The van der Waals surface area contributed by atoms with Gasteiger partial charge in [0.15, 0.2) is 0 Å². The van der Waals surface area contributed by atoms with Crippen molar-refractivity contribution in [2.24, 2.45) is 0 Å². The van der Waals surface area contributed by atoms with Crippen LogP contribution in [0.3, 0.4) is 0 Å². The van der Waals surface area contributed by atoms with Crippen LogP contribution in [0.5, 0.6) is 5.75 Å². The lowest BCUT2D eigenvalue weighted by molar-refractivity contribution is 0.295. The number of hydrogen-bond donors (Lipinski definition) is 0. The Kier molecular flexibility index (Phi) is 5.29. The Bertz CT molecular complexity index is 559. The highest BCUT2D eigenvalue weighted by molar-refractivity contribution is 6.30. The zero-order valence-electron chi connectivity index (χ0n) is 13.0. The molecule has 21 heavy (non-hydrogen) atoms. The van der Waals surface area contributed by atoms with Crippen molar-refractivity contribution in [3.63, 3.8) is 0 Å². The number of aromatic nitrogens is 2. The summed E-state index contributed by atoms with van der Waals surface area (Å²) in [6.45, 7) is 8.22. The fraction of sp³-hybridized carbons (Fsp3) is 0.471. The summed E-state index contributed by atoms with van der Waals surface area (Å²) < 4.78 is 8.04. The third-order valence-electron chi connectivity index (χ3n) is 3.38. The van der Waals surface area contributed by atoms with Gasteiger partial charge in [-0.15, -0.1) is 0 Å². The number of hydrogen-bond acceptors (Lipinski definition) is 2. The lowest BCUT2D eigenvalue weighted by Crippen LogP contribution is -2.14. The highest BCUT2D eigenvalue weighted by Crippen LogP contribution is 2.33. The lowest BCUT2D eigenvalue weighted by atomic mass is 9.86. The number of imidazole rings is 1. The van der Waals surface area contributed by atoms with E-state index in [2.05, 4.69) is 30.3 Å². The first kappa shape index (κ1) is 15.9. The molecular formula is C17H23ClN2O. The number of halogens is 1. The normalized spacial score (nSPS) is 11.6. The Hall–Kier alpha value is -1.48. The number of benzene rings is 1. The van der Waals surface area contributed by atoms with Gasteiger partial charge in [-0.05, 0) is 36.5 Å². The second kappa shape index (κ2) is 6.99. The largest absolute Gasteiger partial charge is 0.493 e. The standard InChI is InChI=1S/C17H23ClN2O/c1-17(2,3)15-12-14(18)6-7-16(15)21-11-5-4-9-20-10-8-19-13-20/h6-8,10,12-13H,4-5,9,11H2,1-3H3. The monoisotopic (exact) mass is 306 g/mol. The van der Waals surface area contributed by atoms with Crippen LogP contribution >= 0.6 is 11.6 Å². The van der Waals surface area contributed by atoms with Gasteiger partial charge in [-0.25, -0.2) is 4.98 Å². The number of nitrogens with zero attached hydrogens (tertiary/aromatic N) is 2. The molecule has 0 radical (unpaired) electrons. The minimum atomic E-state index is 0.0248. The molecule has 0 amide bonds. The van der Waals surface area contributed by atoms with Crippen molar-refractivity contribution >= 4 is 11.6 Å². The van der Waals surface area contributed by atoms with Crippen molar-refractivity contribution in [1.29, 1.82) is 0 Å². The average molecular weight is 307 g/mol. The van der Waals surface area contributed by atoms with Gasteiger partial charge in [0.2, 0.25) is 0 Å². The van der Waals surface area contributed by atoms with Crippen LogP contribution in [0.25, 0.3) is 0 Å². The minimum Gasteiger partial charge on any atom is -0.493 e. The molecule has 1 aromatic carbocycles. The molecule has 0 aliphatic carbocycles. The van der Waals surface area contributed by atoms with Crippen LogP contribution in [-0.4, -0.2) is 16.2 Å². The van der Waals surface area contributed by atoms with Crippen LogP contribution < -0.4 is 4.74 Å². The van der Waals surface area contributed by atoms with Crippen LogP contribution in [0.4, 0.5) is 0 Å². The van der Waals surface area contributed by atoms with Gasteiger partial charge in [0.1, 0.15) is 5.75 Å². The zero-order chi connectivity index (χ0) is 15.3. The van der Waals surface area contributed by atoms with Gasteiger partial charge in [0.05, 0.1) is 12.9 Å². The fourth-order valence-corrected chi connectivity index (χ4v) is 2.38. The second-order valence-corrected chi connectivity index (χ2v) is 6.68. The Morgan fingerprint density at radius 1 is 1.24 bits per heavy atom. The molecule has 0 aliphatic heterocycles. The van der Waals surface area contributed by atoms with Gasteiger partial charge in [-0.1, -0.05) is 32.4 Å². The van der Waals surface area contributed by atoms with Gasteiger partial charge in [-0.3, -0.25) is 0 Å². The smallest absolute Gasteiger partial charge is 0.123 e. The van der Waals surface area contributed by atoms with Crippen LogP contribution in [0.2, 0.25) is 5.02 Å². The van der Waals surface area contributed by atoms with Crippen molar-refractivity contribution < 1.29 is 4.74 Å². The summed E-state index contributed by atoms with van der Waals surface area (Å²) in [5.41, 5.74) is 1.18. The second-order valence-electron chi connectivity index (χ2n) is 6.25. The number of ether oxygens (including phenoxy) is 1. The van der Waals surface area contributed by atoms with E-state index in [0.717, 1.165) is 42.3 Å². The SMILES string of the molecule is CC(C)(C)c1cc(Cl)ccc1OCCCCn1ccnc1. The molecule has 0 fully saturated rings. The average Bonchev–Trinajstić information content (AvgIpc) is 2.92. The third-order valence-corrected chi connectivity index (χ3v) is 3.61. The van der Waals surface area contributed by atoms with Gasteiger partial charge < -0.3 is 9.30 Å². The molecule has 0 N–H and O–H groups in total. The molecule has 1 heterocycles. The molecule has 0 saturated carbocycles. The molecule has 0 bridgehead atoms. The lowest BCUT2D eigenvalue weighted by Gasteiger charge is -2.23. The molecule has 0 spiro atoms. The van der Waals surface area contributed by atoms with Crippen molar-refractivity contribution in [3.8, 4) is 5.75 Å². The summed E-state index contributed by atoms with van der Waals surface area (Å²) in [6.07, 6.45) is 7.73. The van der Waals surface area contributed by atoms with E-state index in [0.29, 0.717) is 0 Å². The molecule has 4 heteroatoms. The van der Waals surface area contributed by atoms with E-state index >= 15 is 0 Å². The molecule has 0 unspecified atom stereocenters. The highest BCUT2D eigenvalue weighted by Gasteiger charge is 2.19. The van der Waals surface area contributed by atoms with E-state index in [1.54, 1.807) is 6.20 Å². The van der Waals surface area contributed by atoms with Crippen LogP contribution in [0, 0.1) is 0 Å². The van der Waals surface area contributed by atoms with Gasteiger partial charge in [0, 0.05) is 29.5 Å². The van der Waals surface area contributed by atoms with Gasteiger partial charge in [-0.2, -0.15) is 0 Å². The van der Waals surface area contributed by atoms with E-state index in [-0.39, 0.29) is 5.41 Å². The quantitative estimate of drug-likeness (QED) is 0.724. The molecule has 2 aromatic rings. The van der Waals surface area contributed by atoms with Crippen molar-refractivity contribution in [2.75, 3.05) is 6.61 Å². The van der Waals surface area contributed by atoms with Crippen LogP contribution in [0.1, 0.15) is 39.2 Å². The summed E-state index contributed by atoms with van der Waals surface area (Å²) in [6, 6.07) is 5.86.